The van der Waals surface area contributed by atoms with Crippen molar-refractivity contribution in [3.05, 3.63) is 48.7 Å². The van der Waals surface area contributed by atoms with Gasteiger partial charge < -0.3 is 15.5 Å². The van der Waals surface area contributed by atoms with E-state index in [-0.39, 0.29) is 0 Å². The summed E-state index contributed by atoms with van der Waals surface area (Å²) in [5.74, 6) is 2.60. The molecule has 4 heteroatoms. The van der Waals surface area contributed by atoms with Crippen molar-refractivity contribution in [3.8, 4) is 0 Å². The molecule has 2 aromatic rings. The first-order valence-electron chi connectivity index (χ1n) is 7.56. The van der Waals surface area contributed by atoms with Crippen LogP contribution in [0.4, 0.5) is 17.2 Å². The van der Waals surface area contributed by atoms with Crippen LogP contribution in [-0.2, 0) is 0 Å². The second-order valence-corrected chi connectivity index (χ2v) is 6.11. The second kappa shape index (κ2) is 4.95. The molecule has 0 radical (unpaired) electrons. The summed E-state index contributed by atoms with van der Waals surface area (Å²) in [4.78, 5) is 9.39. The van der Waals surface area contributed by atoms with Gasteiger partial charge in [0, 0.05) is 55.6 Å². The molecule has 1 aromatic heterocycles. The minimum Gasteiger partial charge on any atom is -0.399 e. The van der Waals surface area contributed by atoms with E-state index in [1.807, 2.05) is 24.4 Å². The predicted molar refractivity (Wildman–Crippen MR) is 86.5 cm³/mol. The summed E-state index contributed by atoms with van der Waals surface area (Å²) in [7, 11) is 0. The van der Waals surface area contributed by atoms with Gasteiger partial charge in [0.05, 0.1) is 0 Å². The molecule has 0 aliphatic carbocycles. The van der Waals surface area contributed by atoms with Crippen LogP contribution in [0.2, 0.25) is 0 Å². The van der Waals surface area contributed by atoms with Gasteiger partial charge in [-0.1, -0.05) is 6.07 Å². The summed E-state index contributed by atoms with van der Waals surface area (Å²) in [5.41, 5.74) is 7.90. The van der Waals surface area contributed by atoms with Crippen LogP contribution in [0.1, 0.15) is 0 Å². The highest BCUT2D eigenvalue weighted by molar-refractivity contribution is 5.54. The molecular weight excluding hydrogens is 260 g/mol. The third-order valence-corrected chi connectivity index (χ3v) is 4.72. The number of nitrogens with zero attached hydrogens (tertiary/aromatic N) is 3. The van der Waals surface area contributed by atoms with E-state index >= 15 is 0 Å². The number of rotatable bonds is 2. The molecule has 2 saturated heterocycles. The Morgan fingerprint density at radius 2 is 1.52 bits per heavy atom. The average Bonchev–Trinajstić information content (AvgIpc) is 3.07. The van der Waals surface area contributed by atoms with Gasteiger partial charge in [0.1, 0.15) is 5.82 Å². The molecular formula is C17H20N4. The third kappa shape index (κ3) is 2.31. The topological polar surface area (TPSA) is 45.4 Å². The minimum absolute atomic E-state index is 0.740. The van der Waals surface area contributed by atoms with E-state index in [1.54, 1.807) is 0 Å². The predicted octanol–water partition coefficient (Wildman–Crippen LogP) is 2.24. The maximum atomic E-state index is 5.77. The molecule has 4 rings (SSSR count). The van der Waals surface area contributed by atoms with Crippen LogP contribution in [0.15, 0.2) is 48.7 Å². The quantitative estimate of drug-likeness (QED) is 0.857. The highest BCUT2D eigenvalue weighted by Crippen LogP contribution is 2.35. The fourth-order valence-electron chi connectivity index (χ4n) is 3.62. The number of nitrogen functional groups attached to an aromatic ring is 1. The summed E-state index contributed by atoms with van der Waals surface area (Å²) < 4.78 is 0. The van der Waals surface area contributed by atoms with Crippen molar-refractivity contribution < 1.29 is 0 Å². The van der Waals surface area contributed by atoms with Crippen molar-refractivity contribution in [2.24, 2.45) is 11.8 Å². The number of nitrogens with two attached hydrogens (primary N) is 1. The Labute approximate surface area is 125 Å². The molecule has 2 N–H and O–H groups in total. The van der Waals surface area contributed by atoms with Crippen LogP contribution in [0, 0.1) is 11.8 Å². The molecule has 1 aromatic carbocycles. The Morgan fingerprint density at radius 3 is 2.14 bits per heavy atom. The fourth-order valence-corrected chi connectivity index (χ4v) is 3.62. The van der Waals surface area contributed by atoms with Crippen LogP contribution in [0.5, 0.6) is 0 Å². The zero-order chi connectivity index (χ0) is 14.2. The molecule has 2 aliphatic rings. The first-order chi connectivity index (χ1) is 10.3. The van der Waals surface area contributed by atoms with Crippen LogP contribution in [0.3, 0.4) is 0 Å². The summed E-state index contributed by atoms with van der Waals surface area (Å²) in [6.07, 6.45) is 1.88. The first-order valence-corrected chi connectivity index (χ1v) is 7.56. The lowest BCUT2D eigenvalue weighted by Gasteiger charge is -2.23. The number of anilines is 3. The summed E-state index contributed by atoms with van der Waals surface area (Å²) in [5, 5.41) is 0. The monoisotopic (exact) mass is 280 g/mol. The van der Waals surface area contributed by atoms with E-state index in [0.717, 1.165) is 49.5 Å². The lowest BCUT2D eigenvalue weighted by Crippen LogP contribution is -2.29. The van der Waals surface area contributed by atoms with Crippen molar-refractivity contribution in [3.63, 3.8) is 0 Å². The van der Waals surface area contributed by atoms with Crippen molar-refractivity contribution in [1.82, 2.24) is 4.98 Å². The summed E-state index contributed by atoms with van der Waals surface area (Å²) in [6.45, 7) is 4.51. The van der Waals surface area contributed by atoms with Crippen LogP contribution in [0.25, 0.3) is 0 Å². The fraction of sp³-hybridized carbons (Fsp3) is 0.353. The molecule has 2 aliphatic heterocycles. The zero-order valence-electron chi connectivity index (χ0n) is 12.0. The summed E-state index contributed by atoms with van der Waals surface area (Å²) >= 11 is 0. The molecule has 21 heavy (non-hydrogen) atoms. The lowest BCUT2D eigenvalue weighted by molar-refractivity contribution is 0.533. The highest BCUT2D eigenvalue weighted by Gasteiger charge is 2.40. The first kappa shape index (κ1) is 12.5. The van der Waals surface area contributed by atoms with Gasteiger partial charge in [-0.25, -0.2) is 4.98 Å². The number of benzene rings is 1. The molecule has 2 atom stereocenters. The van der Waals surface area contributed by atoms with E-state index in [1.165, 1.54) is 5.69 Å². The van der Waals surface area contributed by atoms with Crippen molar-refractivity contribution in [1.29, 1.82) is 0 Å². The van der Waals surface area contributed by atoms with E-state index in [9.17, 15) is 0 Å². The molecule has 0 amide bonds. The molecule has 4 nitrogen and oxygen atoms in total. The van der Waals surface area contributed by atoms with Gasteiger partial charge in [-0.15, -0.1) is 0 Å². The molecule has 0 unspecified atom stereocenters. The third-order valence-electron chi connectivity index (χ3n) is 4.72. The number of fused-ring (bicyclic) bond motifs is 1. The minimum atomic E-state index is 0.740. The normalized spacial score (nSPS) is 24.4. The number of pyridine rings is 1. The standard InChI is InChI=1S/C17H20N4/c18-15-4-6-16(7-5-15)20-9-13-11-21(12-14(13)10-20)17-3-1-2-8-19-17/h1-8,13-14H,9-12,18H2/t13-,14-/m1/s1. The number of aromatic nitrogens is 1. The van der Waals surface area contributed by atoms with Crippen molar-refractivity contribution >= 4 is 17.2 Å². The zero-order valence-corrected chi connectivity index (χ0v) is 12.0. The van der Waals surface area contributed by atoms with Gasteiger partial charge in [-0.2, -0.15) is 0 Å². The van der Waals surface area contributed by atoms with Crippen molar-refractivity contribution in [2.75, 3.05) is 41.7 Å². The van der Waals surface area contributed by atoms with Crippen molar-refractivity contribution in [2.45, 2.75) is 0 Å². The Hall–Kier alpha value is -2.23. The average molecular weight is 280 g/mol. The smallest absolute Gasteiger partial charge is 0.128 e. The maximum Gasteiger partial charge on any atom is 0.128 e. The number of hydrogen-bond donors (Lipinski definition) is 1. The Balaban J connectivity index is 1.45. The van der Waals surface area contributed by atoms with E-state index in [4.69, 9.17) is 5.73 Å². The molecule has 2 fully saturated rings. The van der Waals surface area contributed by atoms with Gasteiger partial charge in [-0.05, 0) is 36.4 Å². The largest absolute Gasteiger partial charge is 0.399 e. The van der Waals surface area contributed by atoms with Gasteiger partial charge in [0.2, 0.25) is 0 Å². The molecule has 0 spiro atoms. The Kier molecular flexibility index (Phi) is 2.95. The van der Waals surface area contributed by atoms with Gasteiger partial charge in [0.15, 0.2) is 0 Å². The van der Waals surface area contributed by atoms with Gasteiger partial charge in [0.25, 0.3) is 0 Å². The molecule has 0 saturated carbocycles. The van der Waals surface area contributed by atoms with Gasteiger partial charge in [-0.3, -0.25) is 0 Å². The van der Waals surface area contributed by atoms with E-state index < -0.39 is 0 Å². The van der Waals surface area contributed by atoms with Gasteiger partial charge >= 0.3 is 0 Å². The lowest BCUT2D eigenvalue weighted by atomic mass is 10.0. The Morgan fingerprint density at radius 1 is 0.857 bits per heavy atom. The molecule has 108 valence electrons. The van der Waals surface area contributed by atoms with Crippen LogP contribution in [-0.4, -0.2) is 31.2 Å². The Bertz CT molecular complexity index is 596. The molecule has 3 heterocycles. The van der Waals surface area contributed by atoms with E-state index in [2.05, 4.69) is 39.0 Å². The summed E-state index contributed by atoms with van der Waals surface area (Å²) in [6, 6.07) is 14.4. The van der Waals surface area contributed by atoms with Crippen LogP contribution < -0.4 is 15.5 Å². The number of hydrogen-bond acceptors (Lipinski definition) is 4. The highest BCUT2D eigenvalue weighted by atomic mass is 15.3. The SMILES string of the molecule is Nc1ccc(N2C[C@@H]3CN(c4ccccn4)C[C@H]3C2)cc1. The molecule has 0 bridgehead atoms. The maximum absolute atomic E-state index is 5.77. The van der Waals surface area contributed by atoms with Crippen LogP contribution >= 0.6 is 0 Å². The van der Waals surface area contributed by atoms with E-state index in [0.29, 0.717) is 0 Å². The second-order valence-electron chi connectivity index (χ2n) is 6.11.